The smallest absolute Gasteiger partial charge is 0.126 e. The van der Waals surface area contributed by atoms with Gasteiger partial charge in [0.2, 0.25) is 0 Å². The summed E-state index contributed by atoms with van der Waals surface area (Å²) in [6, 6.07) is 9.06. The van der Waals surface area contributed by atoms with Crippen LogP contribution >= 0.6 is 11.3 Å². The fourth-order valence-corrected chi connectivity index (χ4v) is 2.87. The second-order valence-corrected chi connectivity index (χ2v) is 6.07. The van der Waals surface area contributed by atoms with Gasteiger partial charge in [-0.15, -0.1) is 11.3 Å². The Bertz CT molecular complexity index is 542. The van der Waals surface area contributed by atoms with E-state index in [0.29, 0.717) is 12.4 Å². The van der Waals surface area contributed by atoms with Gasteiger partial charge < -0.3 is 10.1 Å². The highest BCUT2D eigenvalue weighted by Gasteiger charge is 2.12. The summed E-state index contributed by atoms with van der Waals surface area (Å²) in [5.74, 6) is 0.384. The van der Waals surface area contributed by atoms with Crippen LogP contribution in [0.25, 0.3) is 0 Å². The summed E-state index contributed by atoms with van der Waals surface area (Å²) in [4.78, 5) is 1.28. The summed E-state index contributed by atoms with van der Waals surface area (Å²) >= 11 is 1.72. The van der Waals surface area contributed by atoms with Crippen molar-refractivity contribution in [3.63, 3.8) is 0 Å². The van der Waals surface area contributed by atoms with Gasteiger partial charge in [-0.2, -0.15) is 0 Å². The number of halogens is 1. The Balaban J connectivity index is 2.00. The molecule has 0 aliphatic heterocycles. The monoisotopic (exact) mass is 307 g/mol. The number of ether oxygens (including phenoxy) is 1. The number of benzene rings is 1. The fraction of sp³-hybridized carbons (Fsp3) is 0.412. The van der Waals surface area contributed by atoms with Crippen LogP contribution in [0.2, 0.25) is 0 Å². The average Bonchev–Trinajstić information content (AvgIpc) is 2.98. The first-order chi connectivity index (χ1) is 10.2. The van der Waals surface area contributed by atoms with Crippen LogP contribution in [0.15, 0.2) is 35.7 Å². The Morgan fingerprint density at radius 2 is 2.19 bits per heavy atom. The molecule has 2 nitrogen and oxygen atoms in total. The van der Waals surface area contributed by atoms with E-state index >= 15 is 0 Å². The van der Waals surface area contributed by atoms with E-state index in [4.69, 9.17) is 4.74 Å². The number of thiophene rings is 1. The third-order valence-corrected chi connectivity index (χ3v) is 4.26. The molecule has 0 amide bonds. The lowest BCUT2D eigenvalue weighted by Crippen LogP contribution is -2.20. The zero-order valence-corrected chi connectivity index (χ0v) is 13.4. The van der Waals surface area contributed by atoms with Gasteiger partial charge >= 0.3 is 0 Å². The van der Waals surface area contributed by atoms with Crippen molar-refractivity contribution in [1.29, 1.82) is 0 Å². The first-order valence-corrected chi connectivity index (χ1v) is 8.26. The zero-order chi connectivity index (χ0) is 15.1. The molecular weight excluding hydrogens is 285 g/mol. The van der Waals surface area contributed by atoms with Gasteiger partial charge in [0, 0.05) is 29.0 Å². The largest absolute Gasteiger partial charge is 0.493 e. The van der Waals surface area contributed by atoms with Crippen LogP contribution in [-0.2, 0) is 6.42 Å². The second kappa shape index (κ2) is 8.15. The van der Waals surface area contributed by atoms with Crippen molar-refractivity contribution >= 4 is 11.3 Å². The van der Waals surface area contributed by atoms with Gasteiger partial charge in [-0.1, -0.05) is 19.1 Å². The van der Waals surface area contributed by atoms with Crippen molar-refractivity contribution in [2.75, 3.05) is 13.2 Å². The minimum atomic E-state index is -0.257. The van der Waals surface area contributed by atoms with Gasteiger partial charge in [-0.3, -0.25) is 0 Å². The second-order valence-electron chi connectivity index (χ2n) is 5.04. The standard InChI is InChI=1S/C17H22FNOS/c1-3-9-19-13(2)16-7-6-14(18)12-17(16)20-10-8-15-5-4-11-21-15/h4-7,11-13,19H,3,8-10H2,1-2H3. The summed E-state index contributed by atoms with van der Waals surface area (Å²) in [5, 5.41) is 5.47. The lowest BCUT2D eigenvalue weighted by molar-refractivity contribution is 0.314. The quantitative estimate of drug-likeness (QED) is 0.771. The molecule has 1 aromatic carbocycles. The predicted octanol–water partition coefficient (Wildman–Crippen LogP) is 4.57. The molecule has 4 heteroatoms. The van der Waals surface area contributed by atoms with Crippen molar-refractivity contribution in [2.24, 2.45) is 0 Å². The van der Waals surface area contributed by atoms with Crippen molar-refractivity contribution in [2.45, 2.75) is 32.7 Å². The van der Waals surface area contributed by atoms with Gasteiger partial charge in [-0.25, -0.2) is 4.39 Å². The van der Waals surface area contributed by atoms with Gasteiger partial charge in [0.25, 0.3) is 0 Å². The van der Waals surface area contributed by atoms with E-state index in [1.165, 1.54) is 17.0 Å². The molecule has 0 bridgehead atoms. The van der Waals surface area contributed by atoms with E-state index in [2.05, 4.69) is 30.6 Å². The van der Waals surface area contributed by atoms with Crippen molar-refractivity contribution in [3.8, 4) is 5.75 Å². The van der Waals surface area contributed by atoms with Crippen LogP contribution < -0.4 is 10.1 Å². The minimum Gasteiger partial charge on any atom is -0.493 e. The Morgan fingerprint density at radius 1 is 1.33 bits per heavy atom. The first-order valence-electron chi connectivity index (χ1n) is 7.38. The van der Waals surface area contributed by atoms with Gasteiger partial charge in [0.15, 0.2) is 0 Å². The molecule has 0 fully saturated rings. The molecule has 2 rings (SSSR count). The maximum atomic E-state index is 13.5. The summed E-state index contributed by atoms with van der Waals surface area (Å²) in [7, 11) is 0. The molecule has 1 heterocycles. The molecule has 0 spiro atoms. The Labute approximate surface area is 130 Å². The molecule has 0 saturated heterocycles. The summed E-state index contributed by atoms with van der Waals surface area (Å²) in [6.07, 6.45) is 1.92. The van der Waals surface area contributed by atoms with E-state index in [9.17, 15) is 4.39 Å². The molecule has 2 aromatic rings. The Kier molecular flexibility index (Phi) is 6.21. The number of nitrogens with one attached hydrogen (secondary N) is 1. The first kappa shape index (κ1) is 16.0. The van der Waals surface area contributed by atoms with Gasteiger partial charge in [0.1, 0.15) is 11.6 Å². The number of hydrogen-bond donors (Lipinski definition) is 1. The van der Waals surface area contributed by atoms with Crippen molar-refractivity contribution < 1.29 is 9.13 Å². The zero-order valence-electron chi connectivity index (χ0n) is 12.6. The third kappa shape index (κ3) is 4.83. The van der Waals surface area contributed by atoms with Crippen LogP contribution in [0.1, 0.15) is 36.8 Å². The lowest BCUT2D eigenvalue weighted by atomic mass is 10.1. The summed E-state index contributed by atoms with van der Waals surface area (Å²) in [5.41, 5.74) is 1.01. The molecule has 0 radical (unpaired) electrons. The molecule has 0 aliphatic carbocycles. The van der Waals surface area contributed by atoms with E-state index in [-0.39, 0.29) is 11.9 Å². The van der Waals surface area contributed by atoms with E-state index in [0.717, 1.165) is 24.9 Å². The molecule has 0 aliphatic rings. The fourth-order valence-electron chi connectivity index (χ4n) is 2.18. The Hall–Kier alpha value is -1.39. The molecule has 1 N–H and O–H groups in total. The maximum Gasteiger partial charge on any atom is 0.126 e. The molecule has 114 valence electrons. The average molecular weight is 307 g/mol. The molecular formula is C17H22FNOS. The minimum absolute atomic E-state index is 0.155. The van der Waals surface area contributed by atoms with Crippen molar-refractivity contribution in [1.82, 2.24) is 5.32 Å². The van der Waals surface area contributed by atoms with Gasteiger partial charge in [0.05, 0.1) is 6.61 Å². The van der Waals surface area contributed by atoms with E-state index < -0.39 is 0 Å². The number of rotatable bonds is 8. The van der Waals surface area contributed by atoms with Crippen LogP contribution in [0.5, 0.6) is 5.75 Å². The maximum absolute atomic E-state index is 13.5. The molecule has 1 atom stereocenters. The van der Waals surface area contributed by atoms with E-state index in [1.807, 2.05) is 12.1 Å². The SMILES string of the molecule is CCCNC(C)c1ccc(F)cc1OCCc1cccs1. The molecule has 21 heavy (non-hydrogen) atoms. The third-order valence-electron chi connectivity index (χ3n) is 3.33. The highest BCUT2D eigenvalue weighted by atomic mass is 32.1. The van der Waals surface area contributed by atoms with Crippen LogP contribution in [-0.4, -0.2) is 13.2 Å². The topological polar surface area (TPSA) is 21.3 Å². The normalized spacial score (nSPS) is 12.3. The van der Waals surface area contributed by atoms with Crippen LogP contribution in [0.3, 0.4) is 0 Å². The molecule has 1 unspecified atom stereocenters. The highest BCUT2D eigenvalue weighted by molar-refractivity contribution is 7.09. The summed E-state index contributed by atoms with van der Waals surface area (Å²) < 4.78 is 19.3. The van der Waals surface area contributed by atoms with Crippen LogP contribution in [0, 0.1) is 5.82 Å². The lowest BCUT2D eigenvalue weighted by Gasteiger charge is -2.18. The Morgan fingerprint density at radius 3 is 2.90 bits per heavy atom. The number of hydrogen-bond acceptors (Lipinski definition) is 3. The highest BCUT2D eigenvalue weighted by Crippen LogP contribution is 2.26. The van der Waals surface area contributed by atoms with Crippen LogP contribution in [0.4, 0.5) is 4.39 Å². The predicted molar refractivity (Wildman–Crippen MR) is 86.6 cm³/mol. The van der Waals surface area contributed by atoms with Crippen molar-refractivity contribution in [3.05, 3.63) is 52.0 Å². The van der Waals surface area contributed by atoms with Gasteiger partial charge in [-0.05, 0) is 37.4 Å². The summed E-state index contributed by atoms with van der Waals surface area (Å²) in [6.45, 7) is 5.71. The molecule has 0 saturated carbocycles. The molecule has 1 aromatic heterocycles. The van der Waals surface area contributed by atoms with E-state index in [1.54, 1.807) is 11.3 Å².